The molecule has 0 saturated heterocycles. The molecule has 0 aliphatic carbocycles. The normalized spacial score (nSPS) is 10.9. The number of carbonyl (C=O) groups is 1. The molecule has 29 heavy (non-hydrogen) atoms. The average Bonchev–Trinajstić information content (AvgIpc) is 3.20. The van der Waals surface area contributed by atoms with Crippen molar-refractivity contribution in [3.63, 3.8) is 0 Å². The lowest BCUT2D eigenvalue weighted by molar-refractivity contribution is 0.0698. The Hall–Kier alpha value is -2.66. The molecular weight excluding hydrogens is 425 g/mol. The molecule has 0 fully saturated rings. The maximum atomic E-state index is 11.9. The van der Waals surface area contributed by atoms with Crippen molar-refractivity contribution in [2.75, 3.05) is 0 Å². The third kappa shape index (κ3) is 3.92. The Kier molecular flexibility index (Phi) is 5.41. The number of nitrogens with zero attached hydrogens (tertiary/aromatic N) is 1. The van der Waals surface area contributed by atoms with Crippen LogP contribution in [0.15, 0.2) is 66.0 Å². The smallest absolute Gasteiger partial charge is 0.336 e. The lowest BCUT2D eigenvalue weighted by Gasteiger charge is -2.10. The fourth-order valence-corrected chi connectivity index (χ4v) is 4.28. The molecule has 3 nitrogen and oxygen atoms in total. The summed E-state index contributed by atoms with van der Waals surface area (Å²) in [5.74, 6) is -0.966. The SMILES string of the molecule is Cc1ccccc1-c1ccc(-c2nc(-c3ccc(Cl)c(Cl)c3)cs2)cc1C(=O)O. The molecule has 0 aliphatic heterocycles. The van der Waals surface area contributed by atoms with Gasteiger partial charge < -0.3 is 5.11 Å². The quantitative estimate of drug-likeness (QED) is 0.358. The first kappa shape index (κ1) is 19.6. The number of carboxylic acids is 1. The van der Waals surface area contributed by atoms with Crippen molar-refractivity contribution in [1.29, 1.82) is 0 Å². The van der Waals surface area contributed by atoms with Crippen LogP contribution < -0.4 is 0 Å². The highest BCUT2D eigenvalue weighted by Gasteiger charge is 2.16. The first-order valence-corrected chi connectivity index (χ1v) is 10.4. The molecule has 1 aromatic heterocycles. The predicted octanol–water partition coefficient (Wildman–Crippen LogP) is 7.46. The van der Waals surface area contributed by atoms with E-state index in [1.807, 2.05) is 54.8 Å². The van der Waals surface area contributed by atoms with E-state index < -0.39 is 5.97 Å². The highest BCUT2D eigenvalue weighted by Crippen LogP contribution is 2.35. The summed E-state index contributed by atoms with van der Waals surface area (Å²) >= 11 is 13.5. The summed E-state index contributed by atoms with van der Waals surface area (Å²) in [5.41, 5.74) is 5.27. The number of halogens is 2. The van der Waals surface area contributed by atoms with Crippen molar-refractivity contribution in [1.82, 2.24) is 4.98 Å². The summed E-state index contributed by atoms with van der Waals surface area (Å²) in [6.45, 7) is 1.97. The highest BCUT2D eigenvalue weighted by molar-refractivity contribution is 7.13. The zero-order valence-corrected chi connectivity index (χ0v) is 17.6. The van der Waals surface area contributed by atoms with Gasteiger partial charge >= 0.3 is 5.97 Å². The molecule has 0 aliphatic rings. The van der Waals surface area contributed by atoms with E-state index >= 15 is 0 Å². The average molecular weight is 440 g/mol. The number of rotatable bonds is 4. The molecule has 0 unspecified atom stereocenters. The van der Waals surface area contributed by atoms with Crippen LogP contribution in [0.25, 0.3) is 33.0 Å². The van der Waals surface area contributed by atoms with Gasteiger partial charge in [-0.05, 0) is 41.8 Å². The zero-order valence-electron chi connectivity index (χ0n) is 15.3. The third-order valence-electron chi connectivity index (χ3n) is 4.65. The Morgan fingerprint density at radius 3 is 2.41 bits per heavy atom. The molecule has 6 heteroatoms. The first-order valence-electron chi connectivity index (χ1n) is 8.78. The van der Waals surface area contributed by atoms with Crippen LogP contribution in [-0.4, -0.2) is 16.1 Å². The Balaban J connectivity index is 1.76. The van der Waals surface area contributed by atoms with Crippen molar-refractivity contribution >= 4 is 40.5 Å². The lowest BCUT2D eigenvalue weighted by atomic mass is 9.94. The fraction of sp³-hybridized carbons (Fsp3) is 0.0435. The van der Waals surface area contributed by atoms with Gasteiger partial charge in [-0.3, -0.25) is 0 Å². The van der Waals surface area contributed by atoms with Crippen molar-refractivity contribution in [3.8, 4) is 33.0 Å². The van der Waals surface area contributed by atoms with Gasteiger partial charge in [0.25, 0.3) is 0 Å². The standard InChI is InChI=1S/C23H15Cl2NO2S/c1-13-4-2-3-5-16(13)17-8-6-15(10-18(17)23(27)28)22-26-21(12-29-22)14-7-9-19(24)20(25)11-14/h2-12H,1H3,(H,27,28). The Morgan fingerprint density at radius 1 is 0.931 bits per heavy atom. The minimum atomic E-state index is -0.966. The summed E-state index contributed by atoms with van der Waals surface area (Å²) in [7, 11) is 0. The third-order valence-corrected chi connectivity index (χ3v) is 6.28. The van der Waals surface area contributed by atoms with Gasteiger partial charge in [-0.2, -0.15) is 0 Å². The molecule has 0 amide bonds. The summed E-state index contributed by atoms with van der Waals surface area (Å²) in [6, 6.07) is 18.6. The van der Waals surface area contributed by atoms with Crippen molar-refractivity contribution in [2.45, 2.75) is 6.92 Å². The van der Waals surface area contributed by atoms with Gasteiger partial charge in [-0.1, -0.05) is 65.7 Å². The second-order valence-corrected chi connectivity index (χ2v) is 8.22. The highest BCUT2D eigenvalue weighted by atomic mass is 35.5. The van der Waals surface area contributed by atoms with Crippen LogP contribution >= 0.6 is 34.5 Å². The Labute approximate surface area is 182 Å². The van der Waals surface area contributed by atoms with Crippen LogP contribution in [0, 0.1) is 6.92 Å². The number of aromatic nitrogens is 1. The molecule has 0 bridgehead atoms. The molecular formula is C23H15Cl2NO2S. The molecule has 4 rings (SSSR count). The minimum absolute atomic E-state index is 0.253. The van der Waals surface area contributed by atoms with E-state index in [2.05, 4.69) is 4.98 Å². The number of thiazole rings is 1. The van der Waals surface area contributed by atoms with E-state index in [1.165, 1.54) is 11.3 Å². The molecule has 0 atom stereocenters. The van der Waals surface area contributed by atoms with Gasteiger partial charge in [0, 0.05) is 16.5 Å². The van der Waals surface area contributed by atoms with Crippen LogP contribution in [0.4, 0.5) is 0 Å². The Bertz CT molecular complexity index is 1230. The molecule has 3 aromatic carbocycles. The van der Waals surface area contributed by atoms with E-state index in [-0.39, 0.29) is 5.56 Å². The molecule has 144 valence electrons. The van der Waals surface area contributed by atoms with Gasteiger partial charge in [0.15, 0.2) is 0 Å². The summed E-state index contributed by atoms with van der Waals surface area (Å²) in [6.07, 6.45) is 0. The van der Waals surface area contributed by atoms with Crippen LogP contribution in [-0.2, 0) is 0 Å². The van der Waals surface area contributed by atoms with Gasteiger partial charge in [0.05, 0.1) is 21.3 Å². The maximum Gasteiger partial charge on any atom is 0.336 e. The molecule has 1 heterocycles. The number of aryl methyl sites for hydroxylation is 1. The summed E-state index contributed by atoms with van der Waals surface area (Å²) in [5, 5.41) is 13.4. The molecule has 0 saturated carbocycles. The number of hydrogen-bond donors (Lipinski definition) is 1. The van der Waals surface area contributed by atoms with E-state index in [9.17, 15) is 9.90 Å². The minimum Gasteiger partial charge on any atom is -0.478 e. The second kappa shape index (κ2) is 7.99. The van der Waals surface area contributed by atoms with E-state index in [1.54, 1.807) is 18.2 Å². The van der Waals surface area contributed by atoms with Gasteiger partial charge in [-0.15, -0.1) is 11.3 Å². The van der Waals surface area contributed by atoms with Crippen molar-refractivity contribution in [3.05, 3.63) is 87.2 Å². The van der Waals surface area contributed by atoms with Crippen LogP contribution in [0.2, 0.25) is 10.0 Å². The van der Waals surface area contributed by atoms with E-state index in [0.29, 0.717) is 15.6 Å². The predicted molar refractivity (Wildman–Crippen MR) is 120 cm³/mol. The van der Waals surface area contributed by atoms with Gasteiger partial charge in [-0.25, -0.2) is 9.78 Å². The lowest BCUT2D eigenvalue weighted by Crippen LogP contribution is -2.01. The number of benzene rings is 3. The van der Waals surface area contributed by atoms with Crippen LogP contribution in [0.5, 0.6) is 0 Å². The molecule has 0 spiro atoms. The summed E-state index contributed by atoms with van der Waals surface area (Å²) in [4.78, 5) is 16.6. The molecule has 1 N–H and O–H groups in total. The van der Waals surface area contributed by atoms with Gasteiger partial charge in [0.1, 0.15) is 5.01 Å². The zero-order chi connectivity index (χ0) is 20.5. The van der Waals surface area contributed by atoms with E-state index in [0.717, 1.165) is 33.0 Å². The van der Waals surface area contributed by atoms with E-state index in [4.69, 9.17) is 23.2 Å². The number of carboxylic acid groups (broad SMARTS) is 1. The second-order valence-electron chi connectivity index (χ2n) is 6.55. The first-order chi connectivity index (χ1) is 13.9. The molecule has 4 aromatic rings. The fourth-order valence-electron chi connectivity index (χ4n) is 3.16. The monoisotopic (exact) mass is 439 g/mol. The topological polar surface area (TPSA) is 50.2 Å². The van der Waals surface area contributed by atoms with Gasteiger partial charge in [0.2, 0.25) is 0 Å². The van der Waals surface area contributed by atoms with Crippen molar-refractivity contribution < 1.29 is 9.90 Å². The summed E-state index contributed by atoms with van der Waals surface area (Å²) < 4.78 is 0. The number of aromatic carboxylic acids is 1. The number of hydrogen-bond acceptors (Lipinski definition) is 3. The Morgan fingerprint density at radius 2 is 1.69 bits per heavy atom. The maximum absolute atomic E-state index is 11.9. The van der Waals surface area contributed by atoms with Crippen LogP contribution in [0.3, 0.4) is 0 Å². The van der Waals surface area contributed by atoms with Crippen LogP contribution in [0.1, 0.15) is 15.9 Å². The van der Waals surface area contributed by atoms with Crippen molar-refractivity contribution in [2.24, 2.45) is 0 Å². The largest absolute Gasteiger partial charge is 0.478 e. The molecule has 0 radical (unpaired) electrons.